The molecule has 2 atom stereocenters. The van der Waals surface area contributed by atoms with Crippen LogP contribution in [0.4, 0.5) is 0 Å². The van der Waals surface area contributed by atoms with Crippen LogP contribution in [0.15, 0.2) is 30.9 Å². The molecule has 1 aromatic carbocycles. The molecule has 1 aliphatic heterocycles. The minimum absolute atomic E-state index is 0.0229. The van der Waals surface area contributed by atoms with Crippen molar-refractivity contribution in [3.63, 3.8) is 0 Å². The van der Waals surface area contributed by atoms with Crippen molar-refractivity contribution in [2.75, 3.05) is 6.61 Å². The highest BCUT2D eigenvalue weighted by molar-refractivity contribution is 6.35. The summed E-state index contributed by atoms with van der Waals surface area (Å²) in [5.41, 5.74) is 0.739. The van der Waals surface area contributed by atoms with Gasteiger partial charge in [0, 0.05) is 10.6 Å². The highest BCUT2D eigenvalue weighted by Gasteiger charge is 2.44. The van der Waals surface area contributed by atoms with Crippen molar-refractivity contribution in [1.82, 2.24) is 14.8 Å². The monoisotopic (exact) mass is 313 g/mol. The van der Waals surface area contributed by atoms with Gasteiger partial charge in [-0.15, -0.1) is 0 Å². The van der Waals surface area contributed by atoms with Gasteiger partial charge >= 0.3 is 0 Å². The average Bonchev–Trinajstić information content (AvgIpc) is 3.00. The van der Waals surface area contributed by atoms with Crippen LogP contribution in [-0.4, -0.2) is 27.5 Å². The van der Waals surface area contributed by atoms with Crippen molar-refractivity contribution in [3.05, 3.63) is 46.5 Å². The molecule has 0 bridgehead atoms. The molecule has 1 unspecified atom stereocenters. The van der Waals surface area contributed by atoms with Gasteiger partial charge < -0.3 is 9.47 Å². The molecule has 0 saturated carbocycles. The van der Waals surface area contributed by atoms with E-state index in [1.165, 1.54) is 6.33 Å². The SMILES string of the molecule is C[C@@H]1COC(Cn2cncn2)(c2ccc(Cl)cc2Cl)O1. The molecule has 106 valence electrons. The molecule has 1 saturated heterocycles. The summed E-state index contributed by atoms with van der Waals surface area (Å²) in [5.74, 6) is -0.964. The summed E-state index contributed by atoms with van der Waals surface area (Å²) in [7, 11) is 0. The second-order valence-corrected chi connectivity index (χ2v) is 5.55. The third kappa shape index (κ3) is 2.54. The smallest absolute Gasteiger partial charge is 0.217 e. The molecule has 1 aliphatic rings. The van der Waals surface area contributed by atoms with E-state index in [0.29, 0.717) is 23.2 Å². The second-order valence-electron chi connectivity index (χ2n) is 4.71. The molecule has 0 N–H and O–H groups in total. The zero-order valence-corrected chi connectivity index (χ0v) is 12.3. The molecule has 20 heavy (non-hydrogen) atoms. The quantitative estimate of drug-likeness (QED) is 0.874. The Kier molecular flexibility index (Phi) is 3.69. The number of hydrogen-bond donors (Lipinski definition) is 0. The van der Waals surface area contributed by atoms with E-state index in [1.54, 1.807) is 23.1 Å². The lowest BCUT2D eigenvalue weighted by Gasteiger charge is -2.29. The largest absolute Gasteiger partial charge is 0.342 e. The number of nitrogens with zero attached hydrogens (tertiary/aromatic N) is 3. The van der Waals surface area contributed by atoms with Crippen LogP contribution in [0, 0.1) is 0 Å². The van der Waals surface area contributed by atoms with E-state index in [-0.39, 0.29) is 6.10 Å². The van der Waals surface area contributed by atoms with Gasteiger partial charge in [0.1, 0.15) is 19.2 Å². The molecule has 2 heterocycles. The maximum atomic E-state index is 6.30. The molecule has 7 heteroatoms. The van der Waals surface area contributed by atoms with Crippen LogP contribution in [0.5, 0.6) is 0 Å². The van der Waals surface area contributed by atoms with Gasteiger partial charge in [0.05, 0.1) is 17.7 Å². The fourth-order valence-electron chi connectivity index (χ4n) is 2.28. The molecular weight excluding hydrogens is 301 g/mol. The summed E-state index contributed by atoms with van der Waals surface area (Å²) in [6.07, 6.45) is 3.06. The molecule has 0 radical (unpaired) electrons. The van der Waals surface area contributed by atoms with Crippen molar-refractivity contribution < 1.29 is 9.47 Å². The third-order valence-electron chi connectivity index (χ3n) is 3.12. The van der Waals surface area contributed by atoms with Crippen LogP contribution in [0.3, 0.4) is 0 Å². The summed E-state index contributed by atoms with van der Waals surface area (Å²) < 4.78 is 13.5. The van der Waals surface area contributed by atoms with Crippen LogP contribution in [0.1, 0.15) is 12.5 Å². The van der Waals surface area contributed by atoms with E-state index in [9.17, 15) is 0 Å². The van der Waals surface area contributed by atoms with Gasteiger partial charge in [-0.3, -0.25) is 0 Å². The van der Waals surface area contributed by atoms with Crippen molar-refractivity contribution in [2.45, 2.75) is 25.4 Å². The summed E-state index contributed by atoms with van der Waals surface area (Å²) in [4.78, 5) is 3.93. The molecule has 1 fully saturated rings. The molecule has 0 aliphatic carbocycles. The maximum absolute atomic E-state index is 6.30. The van der Waals surface area contributed by atoms with Gasteiger partial charge in [-0.25, -0.2) is 9.67 Å². The Bertz CT molecular complexity index is 606. The zero-order chi connectivity index (χ0) is 14.2. The summed E-state index contributed by atoms with van der Waals surface area (Å²) in [6.45, 7) is 2.82. The Hall–Kier alpha value is -1.14. The average molecular weight is 314 g/mol. The third-order valence-corrected chi connectivity index (χ3v) is 3.67. The lowest BCUT2D eigenvalue weighted by molar-refractivity contribution is -0.186. The molecule has 0 amide bonds. The van der Waals surface area contributed by atoms with Crippen LogP contribution >= 0.6 is 23.2 Å². The van der Waals surface area contributed by atoms with E-state index >= 15 is 0 Å². The number of hydrogen-bond acceptors (Lipinski definition) is 4. The summed E-state index contributed by atoms with van der Waals surface area (Å²) in [6, 6.07) is 5.26. The van der Waals surface area contributed by atoms with Gasteiger partial charge in [-0.05, 0) is 19.1 Å². The summed E-state index contributed by atoms with van der Waals surface area (Å²) in [5, 5.41) is 5.18. The Morgan fingerprint density at radius 2 is 2.30 bits per heavy atom. The van der Waals surface area contributed by atoms with Crippen LogP contribution < -0.4 is 0 Å². The first-order chi connectivity index (χ1) is 9.59. The topological polar surface area (TPSA) is 49.2 Å². The van der Waals surface area contributed by atoms with Crippen molar-refractivity contribution in [2.24, 2.45) is 0 Å². The fraction of sp³-hybridized carbons (Fsp3) is 0.385. The minimum atomic E-state index is -0.964. The van der Waals surface area contributed by atoms with Gasteiger partial charge in [0.15, 0.2) is 0 Å². The van der Waals surface area contributed by atoms with Crippen molar-refractivity contribution in [3.8, 4) is 0 Å². The second kappa shape index (κ2) is 5.33. The minimum Gasteiger partial charge on any atom is -0.342 e. The van der Waals surface area contributed by atoms with Gasteiger partial charge in [-0.2, -0.15) is 5.10 Å². The predicted octanol–water partition coefficient (Wildman–Crippen LogP) is 2.87. The van der Waals surface area contributed by atoms with Crippen molar-refractivity contribution >= 4 is 23.2 Å². The lowest BCUT2D eigenvalue weighted by atomic mass is 10.1. The number of halogens is 2. The molecule has 3 rings (SSSR count). The number of ether oxygens (including phenoxy) is 2. The van der Waals surface area contributed by atoms with E-state index in [0.717, 1.165) is 5.56 Å². The van der Waals surface area contributed by atoms with E-state index in [4.69, 9.17) is 32.7 Å². The van der Waals surface area contributed by atoms with E-state index in [1.807, 2.05) is 13.0 Å². The normalized spacial score (nSPS) is 26.1. The number of rotatable bonds is 3. The molecule has 0 spiro atoms. The zero-order valence-electron chi connectivity index (χ0n) is 10.8. The van der Waals surface area contributed by atoms with Gasteiger partial charge in [0.25, 0.3) is 0 Å². The molecule has 1 aromatic heterocycles. The highest BCUT2D eigenvalue weighted by Crippen LogP contribution is 2.40. The van der Waals surface area contributed by atoms with Crippen LogP contribution in [-0.2, 0) is 21.8 Å². The van der Waals surface area contributed by atoms with Gasteiger partial charge in [0.2, 0.25) is 5.79 Å². The standard InChI is InChI=1S/C13H13Cl2N3O2/c1-9-5-19-13(20-9,6-18-8-16-7-17-18)11-3-2-10(14)4-12(11)15/h2-4,7-9H,5-6H2,1H3/t9-,13?/m1/s1. The van der Waals surface area contributed by atoms with Crippen molar-refractivity contribution in [1.29, 1.82) is 0 Å². The van der Waals surface area contributed by atoms with Crippen LogP contribution in [0.25, 0.3) is 0 Å². The van der Waals surface area contributed by atoms with E-state index in [2.05, 4.69) is 10.1 Å². The maximum Gasteiger partial charge on any atom is 0.217 e. The first kappa shape index (κ1) is 13.8. The first-order valence-corrected chi connectivity index (χ1v) is 6.94. The molecule has 2 aromatic rings. The van der Waals surface area contributed by atoms with Gasteiger partial charge in [-0.1, -0.05) is 29.3 Å². The van der Waals surface area contributed by atoms with E-state index < -0.39 is 5.79 Å². The lowest BCUT2D eigenvalue weighted by Crippen LogP contribution is -2.34. The summed E-state index contributed by atoms with van der Waals surface area (Å²) >= 11 is 12.2. The Morgan fingerprint density at radius 3 is 2.90 bits per heavy atom. The van der Waals surface area contributed by atoms with Crippen LogP contribution in [0.2, 0.25) is 10.0 Å². The fourth-order valence-corrected chi connectivity index (χ4v) is 2.83. The highest BCUT2D eigenvalue weighted by atomic mass is 35.5. The Labute approximate surface area is 126 Å². The molecule has 5 nitrogen and oxygen atoms in total. The Balaban J connectivity index is 2.01. The molecular formula is C13H13Cl2N3O2. The Morgan fingerprint density at radius 1 is 1.45 bits per heavy atom. The number of benzene rings is 1. The number of aromatic nitrogens is 3. The first-order valence-electron chi connectivity index (χ1n) is 6.19. The predicted molar refractivity (Wildman–Crippen MR) is 74.7 cm³/mol.